The highest BCUT2D eigenvalue weighted by molar-refractivity contribution is 5.24. The fourth-order valence-electron chi connectivity index (χ4n) is 2.45. The molecule has 1 aliphatic rings. The Balaban J connectivity index is 1.91. The maximum atomic E-state index is 5.77. The first kappa shape index (κ1) is 12.2. The van der Waals surface area contributed by atoms with Gasteiger partial charge in [-0.2, -0.15) is 5.10 Å². The van der Waals surface area contributed by atoms with Crippen molar-refractivity contribution in [1.82, 2.24) is 15.2 Å². The zero-order valence-electron chi connectivity index (χ0n) is 10.6. The third-order valence-electron chi connectivity index (χ3n) is 3.73. The highest BCUT2D eigenvalue weighted by Crippen LogP contribution is 2.30. The first-order valence-electron chi connectivity index (χ1n) is 6.32. The molecule has 1 aliphatic carbocycles. The van der Waals surface area contributed by atoms with Crippen LogP contribution in [-0.2, 0) is 0 Å². The van der Waals surface area contributed by atoms with Gasteiger partial charge in [-0.3, -0.25) is 0 Å². The quantitative estimate of drug-likeness (QED) is 0.822. The lowest BCUT2D eigenvalue weighted by molar-refractivity contribution is 0.413. The van der Waals surface area contributed by atoms with E-state index >= 15 is 0 Å². The molecular weight excluding hydrogens is 214 g/mol. The van der Waals surface area contributed by atoms with Crippen LogP contribution in [0.25, 0.3) is 0 Å². The Labute approximate surface area is 102 Å². The molecule has 2 atom stereocenters. The highest BCUT2D eigenvalue weighted by atomic mass is 15.2. The standard InChI is InChI=1S/C12H21N5/c1-8-9(2)16-17-12(15-8)14-7-11-5-3-4-10(11)6-13/h10-11H,3-7,13H2,1-2H3,(H,14,15,17). The molecule has 0 spiro atoms. The monoisotopic (exact) mass is 235 g/mol. The van der Waals surface area contributed by atoms with Crippen molar-refractivity contribution in [1.29, 1.82) is 0 Å². The summed E-state index contributed by atoms with van der Waals surface area (Å²) in [5.41, 5.74) is 7.59. The molecule has 5 nitrogen and oxygen atoms in total. The van der Waals surface area contributed by atoms with Crippen molar-refractivity contribution in [2.24, 2.45) is 17.6 Å². The number of anilines is 1. The zero-order valence-corrected chi connectivity index (χ0v) is 10.6. The van der Waals surface area contributed by atoms with Gasteiger partial charge in [-0.05, 0) is 45.1 Å². The van der Waals surface area contributed by atoms with Crippen molar-refractivity contribution in [3.8, 4) is 0 Å². The number of aryl methyl sites for hydroxylation is 2. The molecule has 2 unspecified atom stereocenters. The van der Waals surface area contributed by atoms with Crippen LogP contribution in [0.5, 0.6) is 0 Å². The molecule has 5 heteroatoms. The predicted molar refractivity (Wildman–Crippen MR) is 67.7 cm³/mol. The fraction of sp³-hybridized carbons (Fsp3) is 0.750. The van der Waals surface area contributed by atoms with Gasteiger partial charge in [0.15, 0.2) is 0 Å². The van der Waals surface area contributed by atoms with Crippen LogP contribution in [0.4, 0.5) is 5.95 Å². The third kappa shape index (κ3) is 2.91. The summed E-state index contributed by atoms with van der Waals surface area (Å²) in [6.07, 6.45) is 3.81. The summed E-state index contributed by atoms with van der Waals surface area (Å²) in [5, 5.41) is 11.4. The number of nitrogens with zero attached hydrogens (tertiary/aromatic N) is 3. The number of hydrogen-bond acceptors (Lipinski definition) is 5. The van der Waals surface area contributed by atoms with Gasteiger partial charge in [0.05, 0.1) is 11.4 Å². The molecule has 0 saturated heterocycles. The molecule has 0 aromatic carbocycles. The molecule has 0 radical (unpaired) electrons. The minimum absolute atomic E-state index is 0.635. The lowest BCUT2D eigenvalue weighted by atomic mass is 9.96. The second-order valence-electron chi connectivity index (χ2n) is 4.87. The van der Waals surface area contributed by atoms with Crippen LogP contribution in [0.15, 0.2) is 0 Å². The molecular formula is C12H21N5. The Kier molecular flexibility index (Phi) is 3.89. The molecule has 2 rings (SSSR count). The van der Waals surface area contributed by atoms with E-state index in [1.54, 1.807) is 0 Å². The van der Waals surface area contributed by atoms with Crippen LogP contribution in [-0.4, -0.2) is 28.3 Å². The van der Waals surface area contributed by atoms with Crippen LogP contribution in [0.2, 0.25) is 0 Å². The summed E-state index contributed by atoms with van der Waals surface area (Å²) >= 11 is 0. The largest absolute Gasteiger partial charge is 0.353 e. The topological polar surface area (TPSA) is 76.7 Å². The smallest absolute Gasteiger partial charge is 0.242 e. The lowest BCUT2D eigenvalue weighted by Gasteiger charge is -2.18. The summed E-state index contributed by atoms with van der Waals surface area (Å²) in [6, 6.07) is 0. The average Bonchev–Trinajstić information content (AvgIpc) is 2.78. The summed E-state index contributed by atoms with van der Waals surface area (Å²) in [6.45, 7) is 5.57. The fourth-order valence-corrected chi connectivity index (χ4v) is 2.45. The Morgan fingerprint density at radius 2 is 1.94 bits per heavy atom. The SMILES string of the molecule is Cc1nnc(NCC2CCCC2CN)nc1C. The van der Waals surface area contributed by atoms with Gasteiger partial charge in [-0.25, -0.2) is 4.98 Å². The number of hydrogen-bond donors (Lipinski definition) is 2. The van der Waals surface area contributed by atoms with Crippen molar-refractivity contribution in [3.63, 3.8) is 0 Å². The zero-order chi connectivity index (χ0) is 12.3. The summed E-state index contributed by atoms with van der Waals surface area (Å²) in [7, 11) is 0. The van der Waals surface area contributed by atoms with E-state index < -0.39 is 0 Å². The number of rotatable bonds is 4. The normalized spacial score (nSPS) is 23.9. The average molecular weight is 235 g/mol. The van der Waals surface area contributed by atoms with Crippen LogP contribution in [0.3, 0.4) is 0 Å². The molecule has 1 saturated carbocycles. The molecule has 0 aliphatic heterocycles. The number of nitrogens with two attached hydrogens (primary N) is 1. The Morgan fingerprint density at radius 1 is 1.18 bits per heavy atom. The van der Waals surface area contributed by atoms with Crippen molar-refractivity contribution in [2.45, 2.75) is 33.1 Å². The Morgan fingerprint density at radius 3 is 2.65 bits per heavy atom. The minimum atomic E-state index is 0.635. The molecule has 1 aromatic heterocycles. The van der Waals surface area contributed by atoms with E-state index in [4.69, 9.17) is 5.73 Å². The first-order chi connectivity index (χ1) is 8.20. The van der Waals surface area contributed by atoms with Crippen LogP contribution < -0.4 is 11.1 Å². The summed E-state index contributed by atoms with van der Waals surface area (Å²) in [4.78, 5) is 4.37. The van der Waals surface area contributed by atoms with Gasteiger partial charge in [0.1, 0.15) is 0 Å². The molecule has 17 heavy (non-hydrogen) atoms. The molecule has 1 fully saturated rings. The van der Waals surface area contributed by atoms with Crippen LogP contribution in [0, 0.1) is 25.7 Å². The van der Waals surface area contributed by atoms with E-state index in [0.717, 1.165) is 24.5 Å². The van der Waals surface area contributed by atoms with Crippen molar-refractivity contribution in [2.75, 3.05) is 18.4 Å². The second kappa shape index (κ2) is 5.40. The first-order valence-corrected chi connectivity index (χ1v) is 6.32. The number of aromatic nitrogens is 3. The Bertz CT molecular complexity index is 379. The molecule has 3 N–H and O–H groups in total. The second-order valence-corrected chi connectivity index (χ2v) is 4.87. The molecule has 1 aromatic rings. The molecule has 1 heterocycles. The van der Waals surface area contributed by atoms with E-state index in [1.807, 2.05) is 13.8 Å². The molecule has 94 valence electrons. The highest BCUT2D eigenvalue weighted by Gasteiger charge is 2.25. The Hall–Kier alpha value is -1.23. The maximum absolute atomic E-state index is 5.77. The van der Waals surface area contributed by atoms with Gasteiger partial charge in [0.25, 0.3) is 0 Å². The van der Waals surface area contributed by atoms with E-state index in [9.17, 15) is 0 Å². The predicted octanol–water partition coefficient (Wildman–Crippen LogP) is 1.28. The van der Waals surface area contributed by atoms with Gasteiger partial charge >= 0.3 is 0 Å². The molecule has 0 amide bonds. The van der Waals surface area contributed by atoms with Crippen LogP contribution in [0.1, 0.15) is 30.7 Å². The summed E-state index contributed by atoms with van der Waals surface area (Å²) in [5.74, 6) is 1.95. The van der Waals surface area contributed by atoms with E-state index in [0.29, 0.717) is 17.8 Å². The van der Waals surface area contributed by atoms with Crippen molar-refractivity contribution >= 4 is 5.95 Å². The lowest BCUT2D eigenvalue weighted by Crippen LogP contribution is -2.25. The van der Waals surface area contributed by atoms with Crippen molar-refractivity contribution < 1.29 is 0 Å². The van der Waals surface area contributed by atoms with Crippen LogP contribution >= 0.6 is 0 Å². The van der Waals surface area contributed by atoms with Gasteiger partial charge in [0, 0.05) is 6.54 Å². The molecule has 0 bridgehead atoms. The van der Waals surface area contributed by atoms with Gasteiger partial charge in [-0.15, -0.1) is 5.10 Å². The van der Waals surface area contributed by atoms with Gasteiger partial charge < -0.3 is 11.1 Å². The number of nitrogens with one attached hydrogen (secondary N) is 1. The summed E-state index contributed by atoms with van der Waals surface area (Å²) < 4.78 is 0. The van der Waals surface area contributed by atoms with Gasteiger partial charge in [-0.1, -0.05) is 6.42 Å². The minimum Gasteiger partial charge on any atom is -0.353 e. The van der Waals surface area contributed by atoms with E-state index in [-0.39, 0.29) is 0 Å². The van der Waals surface area contributed by atoms with Gasteiger partial charge in [0.2, 0.25) is 5.95 Å². The maximum Gasteiger partial charge on any atom is 0.242 e. The van der Waals surface area contributed by atoms with E-state index in [2.05, 4.69) is 20.5 Å². The van der Waals surface area contributed by atoms with E-state index in [1.165, 1.54) is 19.3 Å². The van der Waals surface area contributed by atoms with Crippen molar-refractivity contribution in [3.05, 3.63) is 11.4 Å². The third-order valence-corrected chi connectivity index (χ3v) is 3.73.